The number of benzene rings is 1. The van der Waals surface area contributed by atoms with E-state index in [-0.39, 0.29) is 11.9 Å². The molecule has 2 unspecified atom stereocenters. The Hall–Kier alpha value is -2.54. The fourth-order valence-corrected chi connectivity index (χ4v) is 4.84. The number of nitrogens with zero attached hydrogens (tertiary/aromatic N) is 5. The van der Waals surface area contributed by atoms with E-state index in [9.17, 15) is 9.59 Å². The van der Waals surface area contributed by atoms with Crippen molar-refractivity contribution in [3.8, 4) is 0 Å². The van der Waals surface area contributed by atoms with Crippen LogP contribution in [0.3, 0.4) is 0 Å². The number of carbonyl (C=O) groups excluding carboxylic acids is 2. The first-order valence-electron chi connectivity index (χ1n) is 11.1. The number of amides is 3. The van der Waals surface area contributed by atoms with Gasteiger partial charge in [0.05, 0.1) is 6.54 Å². The summed E-state index contributed by atoms with van der Waals surface area (Å²) in [5, 5.41) is 0. The number of fused-ring (bicyclic) bond motifs is 1. The molecule has 3 heterocycles. The van der Waals surface area contributed by atoms with Gasteiger partial charge in [0.1, 0.15) is 6.54 Å². The van der Waals surface area contributed by atoms with Gasteiger partial charge in [-0.05, 0) is 36.4 Å². The second kappa shape index (κ2) is 8.68. The minimum Gasteiger partial charge on any atom is -0.289 e. The van der Waals surface area contributed by atoms with Crippen molar-refractivity contribution in [2.45, 2.75) is 51.1 Å². The van der Waals surface area contributed by atoms with E-state index in [1.807, 2.05) is 18.2 Å². The third kappa shape index (κ3) is 3.78. The smallest absolute Gasteiger partial charge is 0.289 e. The number of piperidine rings is 1. The molecule has 30 heavy (non-hydrogen) atoms. The average molecular weight is 411 g/mol. The molecule has 0 aromatic heterocycles. The van der Waals surface area contributed by atoms with Gasteiger partial charge in [0.15, 0.2) is 0 Å². The number of imide groups is 1. The highest BCUT2D eigenvalue weighted by Gasteiger charge is 2.53. The summed E-state index contributed by atoms with van der Waals surface area (Å²) in [5.41, 5.74) is 1.23. The Morgan fingerprint density at radius 3 is 2.60 bits per heavy atom. The summed E-state index contributed by atoms with van der Waals surface area (Å²) in [6.45, 7) is 4.73. The van der Waals surface area contributed by atoms with E-state index in [2.05, 4.69) is 28.5 Å². The largest absolute Gasteiger partial charge is 0.333 e. The van der Waals surface area contributed by atoms with Crippen LogP contribution in [0, 0.1) is 0 Å². The molecule has 3 aliphatic heterocycles. The normalized spacial score (nSPS) is 25.1. The number of carbonyl (C=O) groups is 2. The van der Waals surface area contributed by atoms with E-state index >= 15 is 0 Å². The van der Waals surface area contributed by atoms with Crippen LogP contribution in [-0.2, 0) is 11.2 Å². The highest BCUT2D eigenvalue weighted by Crippen LogP contribution is 2.23. The first-order valence-corrected chi connectivity index (χ1v) is 11.1. The topological polar surface area (TPSA) is 59.2 Å². The predicted molar refractivity (Wildman–Crippen MR) is 117 cm³/mol. The second-order valence-electron chi connectivity index (χ2n) is 8.48. The highest BCUT2D eigenvalue weighted by atomic mass is 16.2. The van der Waals surface area contributed by atoms with Crippen LogP contribution in [0.15, 0.2) is 35.3 Å². The fraction of sp³-hybridized carbons (Fsp3) is 0.565. The van der Waals surface area contributed by atoms with E-state index in [0.717, 1.165) is 31.8 Å². The zero-order valence-electron chi connectivity index (χ0n) is 18.3. The summed E-state index contributed by atoms with van der Waals surface area (Å²) in [7, 11) is 3.27. The van der Waals surface area contributed by atoms with E-state index in [4.69, 9.17) is 4.99 Å². The summed E-state index contributed by atoms with van der Waals surface area (Å²) in [4.78, 5) is 35.7. The minimum absolute atomic E-state index is 0.189. The maximum atomic E-state index is 13.1. The molecule has 160 valence electrons. The average Bonchev–Trinajstić information content (AvgIpc) is 3.14. The molecule has 3 amide bonds. The molecule has 3 aliphatic rings. The second-order valence-corrected chi connectivity index (χ2v) is 8.48. The molecule has 7 nitrogen and oxygen atoms in total. The van der Waals surface area contributed by atoms with E-state index in [0.29, 0.717) is 18.4 Å². The Labute approximate surface area is 178 Å². The van der Waals surface area contributed by atoms with Gasteiger partial charge >= 0.3 is 11.9 Å². The maximum absolute atomic E-state index is 13.1. The lowest BCUT2D eigenvalue weighted by atomic mass is 10.00. The van der Waals surface area contributed by atoms with Crippen LogP contribution in [0.25, 0.3) is 0 Å². The fourth-order valence-electron chi connectivity index (χ4n) is 4.84. The van der Waals surface area contributed by atoms with Crippen molar-refractivity contribution in [2.24, 2.45) is 4.99 Å². The van der Waals surface area contributed by atoms with Gasteiger partial charge < -0.3 is 0 Å². The van der Waals surface area contributed by atoms with Crippen molar-refractivity contribution in [1.29, 1.82) is 0 Å². The van der Waals surface area contributed by atoms with E-state index in [1.54, 1.807) is 14.1 Å². The lowest BCUT2D eigenvalue weighted by Crippen LogP contribution is -2.61. The predicted octanol–water partition coefficient (Wildman–Crippen LogP) is 2.21. The van der Waals surface area contributed by atoms with Crippen LogP contribution in [-0.4, -0.2) is 88.7 Å². The minimum atomic E-state index is -0.513. The number of hydrogen-bond donors (Lipinski definition) is 0. The Morgan fingerprint density at radius 1 is 1.10 bits per heavy atom. The molecule has 0 aliphatic carbocycles. The number of rotatable bonds is 6. The molecule has 0 bridgehead atoms. The molecule has 2 fully saturated rings. The SMILES string of the molecule is CCC1CCCCN1CC1=[N+](CCc2ccccc2)C2C(=O)N(C)C(=O)N(C)C2=N1. The van der Waals surface area contributed by atoms with Crippen molar-refractivity contribution in [2.75, 3.05) is 33.7 Å². The van der Waals surface area contributed by atoms with Gasteiger partial charge in [0.2, 0.25) is 0 Å². The quantitative estimate of drug-likeness (QED) is 0.676. The van der Waals surface area contributed by atoms with Gasteiger partial charge in [-0.2, -0.15) is 0 Å². The molecule has 0 radical (unpaired) electrons. The Bertz CT molecular complexity index is 879. The molecule has 0 N–H and O–H groups in total. The summed E-state index contributed by atoms with van der Waals surface area (Å²) in [5.74, 6) is 1.29. The number of likely N-dealkylation sites (N-methyl/N-ethyl adjacent to an activating group) is 2. The lowest BCUT2D eigenvalue weighted by Gasteiger charge is -2.34. The van der Waals surface area contributed by atoms with Crippen LogP contribution in [0.1, 0.15) is 38.2 Å². The monoisotopic (exact) mass is 410 g/mol. The maximum Gasteiger partial charge on any atom is 0.333 e. The van der Waals surface area contributed by atoms with Crippen molar-refractivity contribution < 1.29 is 14.2 Å². The molecule has 0 spiro atoms. The van der Waals surface area contributed by atoms with Gasteiger partial charge in [-0.15, -0.1) is 0 Å². The summed E-state index contributed by atoms with van der Waals surface area (Å²) < 4.78 is 2.13. The van der Waals surface area contributed by atoms with Crippen LogP contribution in [0.4, 0.5) is 4.79 Å². The van der Waals surface area contributed by atoms with Crippen molar-refractivity contribution in [3.63, 3.8) is 0 Å². The molecule has 2 saturated heterocycles. The molecule has 7 heteroatoms. The van der Waals surface area contributed by atoms with Crippen LogP contribution < -0.4 is 0 Å². The standard InChI is InChI=1S/C23H32N5O2/c1-4-18-12-8-9-14-27(18)16-19-24-21-20(22(29)26(3)23(30)25(21)2)28(19)15-13-17-10-6-5-7-11-17/h5-7,10-11,18,20H,4,8-9,12-16H2,1-3H3/q+1. The zero-order chi connectivity index (χ0) is 21.3. The van der Waals surface area contributed by atoms with Crippen molar-refractivity contribution in [1.82, 2.24) is 14.7 Å². The number of likely N-dealkylation sites (tertiary alicyclic amines) is 1. The molecule has 2 atom stereocenters. The number of aliphatic imine (C=N–C) groups is 1. The first kappa shape index (κ1) is 20.7. The third-order valence-corrected chi connectivity index (χ3v) is 6.66. The molecular weight excluding hydrogens is 378 g/mol. The van der Waals surface area contributed by atoms with E-state index < -0.39 is 6.04 Å². The van der Waals surface area contributed by atoms with Crippen LogP contribution in [0.5, 0.6) is 0 Å². The Balaban J connectivity index is 1.65. The van der Waals surface area contributed by atoms with Gasteiger partial charge in [-0.25, -0.2) is 9.37 Å². The lowest BCUT2D eigenvalue weighted by molar-refractivity contribution is -0.535. The summed E-state index contributed by atoms with van der Waals surface area (Å²) in [6.07, 6.45) is 5.65. The van der Waals surface area contributed by atoms with Crippen molar-refractivity contribution >= 4 is 23.6 Å². The number of urea groups is 1. The van der Waals surface area contributed by atoms with Gasteiger partial charge in [-0.3, -0.25) is 19.5 Å². The number of hydrogen-bond acceptors (Lipinski definition) is 4. The third-order valence-electron chi connectivity index (χ3n) is 6.66. The number of amidine groups is 2. The molecule has 0 saturated carbocycles. The molecule has 4 rings (SSSR count). The Kier molecular flexibility index (Phi) is 5.99. The van der Waals surface area contributed by atoms with E-state index in [1.165, 1.54) is 34.6 Å². The van der Waals surface area contributed by atoms with Gasteiger partial charge in [0.25, 0.3) is 17.8 Å². The van der Waals surface area contributed by atoms with Gasteiger partial charge in [-0.1, -0.05) is 43.7 Å². The van der Waals surface area contributed by atoms with Crippen LogP contribution >= 0.6 is 0 Å². The first-order chi connectivity index (χ1) is 14.5. The molecule has 1 aromatic rings. The van der Waals surface area contributed by atoms with Crippen LogP contribution in [0.2, 0.25) is 0 Å². The summed E-state index contributed by atoms with van der Waals surface area (Å²) >= 11 is 0. The van der Waals surface area contributed by atoms with Crippen molar-refractivity contribution in [3.05, 3.63) is 35.9 Å². The summed E-state index contributed by atoms with van der Waals surface area (Å²) in [6, 6.07) is 10.0. The Morgan fingerprint density at radius 2 is 1.87 bits per heavy atom. The zero-order valence-corrected chi connectivity index (χ0v) is 18.3. The van der Waals surface area contributed by atoms with Gasteiger partial charge in [0, 0.05) is 26.6 Å². The molecular formula is C23H32N5O2+. The molecule has 1 aromatic carbocycles. The highest BCUT2D eigenvalue weighted by molar-refractivity contribution is 6.23.